The Labute approximate surface area is 334 Å². The molecular weight excluding hydrogens is 687 g/mol. The van der Waals surface area contributed by atoms with Crippen LogP contribution in [0.3, 0.4) is 0 Å². The highest BCUT2D eigenvalue weighted by Gasteiger charge is 2.21. The maximum atomic E-state index is 2.42. The highest BCUT2D eigenvalue weighted by Crippen LogP contribution is 2.47. The molecule has 0 radical (unpaired) electrons. The molecule has 1 heteroatoms. The summed E-state index contributed by atoms with van der Waals surface area (Å²) in [5, 5.41) is 4.92. The lowest BCUT2D eigenvalue weighted by molar-refractivity contribution is 1.29. The third-order valence-electron chi connectivity index (χ3n) is 11.1. The molecular formula is C56H39N. The van der Waals surface area contributed by atoms with Crippen molar-refractivity contribution >= 4 is 38.6 Å². The molecule has 57 heavy (non-hydrogen) atoms. The molecule has 0 aromatic heterocycles. The first-order chi connectivity index (χ1) is 28.3. The first kappa shape index (κ1) is 34.0. The number of hydrogen-bond donors (Lipinski definition) is 0. The average molecular weight is 726 g/mol. The van der Waals surface area contributed by atoms with Gasteiger partial charge in [0.15, 0.2) is 0 Å². The minimum atomic E-state index is 1.09. The van der Waals surface area contributed by atoms with Gasteiger partial charge in [0.25, 0.3) is 0 Å². The van der Waals surface area contributed by atoms with Gasteiger partial charge in [0, 0.05) is 16.9 Å². The van der Waals surface area contributed by atoms with Crippen LogP contribution < -0.4 is 4.90 Å². The minimum Gasteiger partial charge on any atom is -0.310 e. The van der Waals surface area contributed by atoms with E-state index < -0.39 is 0 Å². The van der Waals surface area contributed by atoms with Crippen LogP contribution in [0.25, 0.3) is 77.2 Å². The summed E-state index contributed by atoms with van der Waals surface area (Å²) >= 11 is 0. The molecule has 0 aliphatic carbocycles. The summed E-state index contributed by atoms with van der Waals surface area (Å²) in [6.07, 6.45) is 0. The molecule has 0 atom stereocenters. The van der Waals surface area contributed by atoms with Gasteiger partial charge in [0.1, 0.15) is 0 Å². The first-order valence-electron chi connectivity index (χ1n) is 19.6. The molecule has 0 saturated carbocycles. The predicted octanol–water partition coefficient (Wildman–Crippen LogP) is 15.8. The van der Waals surface area contributed by atoms with E-state index in [9.17, 15) is 0 Å². The molecule has 0 heterocycles. The third kappa shape index (κ3) is 6.66. The van der Waals surface area contributed by atoms with Crippen LogP contribution in [0.4, 0.5) is 17.1 Å². The normalized spacial score (nSPS) is 11.2. The molecule has 0 aliphatic heterocycles. The summed E-state index contributed by atoms with van der Waals surface area (Å²) in [7, 11) is 0. The van der Waals surface area contributed by atoms with Crippen LogP contribution in [0.1, 0.15) is 0 Å². The molecule has 0 amide bonds. The molecule has 268 valence electrons. The van der Waals surface area contributed by atoms with Gasteiger partial charge in [-0.15, -0.1) is 0 Å². The van der Waals surface area contributed by atoms with Gasteiger partial charge in [-0.3, -0.25) is 0 Å². The van der Waals surface area contributed by atoms with Crippen LogP contribution in [0.2, 0.25) is 0 Å². The van der Waals surface area contributed by atoms with E-state index in [-0.39, 0.29) is 0 Å². The van der Waals surface area contributed by atoms with E-state index in [1.807, 2.05) is 0 Å². The molecule has 10 rings (SSSR count). The fourth-order valence-electron chi connectivity index (χ4n) is 8.21. The van der Waals surface area contributed by atoms with Gasteiger partial charge < -0.3 is 4.90 Å². The summed E-state index contributed by atoms with van der Waals surface area (Å²) < 4.78 is 0. The summed E-state index contributed by atoms with van der Waals surface area (Å²) in [6, 6.07) is 85.8. The lowest BCUT2D eigenvalue weighted by Gasteiger charge is -2.29. The van der Waals surface area contributed by atoms with Crippen molar-refractivity contribution in [3.63, 3.8) is 0 Å². The highest BCUT2D eigenvalue weighted by molar-refractivity contribution is 5.99. The van der Waals surface area contributed by atoms with Gasteiger partial charge in [0.2, 0.25) is 0 Å². The number of benzene rings is 10. The van der Waals surface area contributed by atoms with Crippen LogP contribution in [0, 0.1) is 0 Å². The molecule has 0 N–H and O–H groups in total. The van der Waals surface area contributed by atoms with Crippen molar-refractivity contribution in [3.8, 4) is 55.6 Å². The van der Waals surface area contributed by atoms with Gasteiger partial charge >= 0.3 is 0 Å². The molecule has 10 aromatic carbocycles. The van der Waals surface area contributed by atoms with E-state index in [0.717, 1.165) is 22.6 Å². The van der Waals surface area contributed by atoms with Crippen molar-refractivity contribution in [1.29, 1.82) is 0 Å². The van der Waals surface area contributed by atoms with E-state index in [2.05, 4.69) is 241 Å². The molecule has 0 fully saturated rings. The summed E-state index contributed by atoms with van der Waals surface area (Å²) in [4.78, 5) is 2.42. The van der Waals surface area contributed by atoms with E-state index in [1.165, 1.54) is 71.6 Å². The van der Waals surface area contributed by atoms with Crippen LogP contribution in [-0.4, -0.2) is 0 Å². The highest BCUT2D eigenvalue weighted by atomic mass is 15.1. The van der Waals surface area contributed by atoms with E-state index >= 15 is 0 Å². The first-order valence-corrected chi connectivity index (χ1v) is 19.6. The zero-order valence-electron chi connectivity index (χ0n) is 31.5. The van der Waals surface area contributed by atoms with E-state index in [4.69, 9.17) is 0 Å². The van der Waals surface area contributed by atoms with Crippen molar-refractivity contribution < 1.29 is 0 Å². The Hall–Kier alpha value is -7.48. The maximum absolute atomic E-state index is 2.42. The molecule has 0 unspecified atom stereocenters. The third-order valence-corrected chi connectivity index (χ3v) is 11.1. The summed E-state index contributed by atoms with van der Waals surface area (Å²) in [5.41, 5.74) is 15.2. The maximum Gasteiger partial charge on any atom is 0.0540 e. The Kier molecular flexibility index (Phi) is 8.95. The standard InChI is InChI=1S/C56H39N/c1-3-15-40(16-4-1)48-32-36-53(55(39-48)52-24-12-11-23-51(52)44-19-5-2-6-20-44)54-25-13-14-26-56(54)57(50-35-31-42-18-8-10-22-46(42)38-50)49-33-29-43(30-34-49)47-28-27-41-17-7-9-21-45(41)37-47/h1-39H. The Bertz CT molecular complexity index is 3000. The molecule has 0 spiro atoms. The van der Waals surface area contributed by atoms with E-state index in [1.54, 1.807) is 0 Å². The zero-order chi connectivity index (χ0) is 38.0. The van der Waals surface area contributed by atoms with Crippen LogP contribution in [-0.2, 0) is 0 Å². The fraction of sp³-hybridized carbons (Fsp3) is 0. The van der Waals surface area contributed by atoms with Crippen molar-refractivity contribution in [2.24, 2.45) is 0 Å². The minimum absolute atomic E-state index is 1.09. The van der Waals surface area contributed by atoms with Crippen molar-refractivity contribution in [2.75, 3.05) is 4.90 Å². The molecule has 1 nitrogen and oxygen atoms in total. The second kappa shape index (κ2) is 15.0. The largest absolute Gasteiger partial charge is 0.310 e. The Morgan fingerprint density at radius 3 is 1.39 bits per heavy atom. The van der Waals surface area contributed by atoms with Crippen molar-refractivity contribution in [2.45, 2.75) is 0 Å². The molecule has 0 saturated heterocycles. The van der Waals surface area contributed by atoms with Gasteiger partial charge in [0.05, 0.1) is 5.69 Å². The second-order valence-electron chi connectivity index (χ2n) is 14.5. The second-order valence-corrected chi connectivity index (χ2v) is 14.5. The zero-order valence-corrected chi connectivity index (χ0v) is 31.5. The monoisotopic (exact) mass is 725 g/mol. The number of rotatable bonds is 8. The van der Waals surface area contributed by atoms with Crippen molar-refractivity contribution in [1.82, 2.24) is 0 Å². The summed E-state index contributed by atoms with van der Waals surface area (Å²) in [6.45, 7) is 0. The smallest absolute Gasteiger partial charge is 0.0540 e. The quantitative estimate of drug-likeness (QED) is 0.151. The number of para-hydroxylation sites is 1. The fourth-order valence-corrected chi connectivity index (χ4v) is 8.21. The molecule has 0 bridgehead atoms. The topological polar surface area (TPSA) is 3.24 Å². The van der Waals surface area contributed by atoms with Crippen LogP contribution >= 0.6 is 0 Å². The SMILES string of the molecule is c1ccc(-c2ccc(-c3ccccc3N(c3ccc(-c4ccc5ccccc5c4)cc3)c3ccc4ccccc4c3)c(-c3ccccc3-c3ccccc3)c2)cc1. The van der Waals surface area contributed by atoms with Gasteiger partial charge in [-0.25, -0.2) is 0 Å². The van der Waals surface area contributed by atoms with E-state index in [0.29, 0.717) is 0 Å². The molecule has 10 aromatic rings. The lowest BCUT2D eigenvalue weighted by Crippen LogP contribution is -2.11. The van der Waals surface area contributed by atoms with Crippen molar-refractivity contribution in [3.05, 3.63) is 237 Å². The van der Waals surface area contributed by atoms with Crippen LogP contribution in [0.15, 0.2) is 237 Å². The number of fused-ring (bicyclic) bond motifs is 2. The predicted molar refractivity (Wildman–Crippen MR) is 243 cm³/mol. The van der Waals surface area contributed by atoms with Gasteiger partial charge in [-0.2, -0.15) is 0 Å². The van der Waals surface area contributed by atoms with Gasteiger partial charge in [-0.1, -0.05) is 194 Å². The lowest BCUT2D eigenvalue weighted by atomic mass is 9.86. The molecule has 0 aliphatic rings. The Balaban J connectivity index is 1.17. The Morgan fingerprint density at radius 1 is 0.211 bits per heavy atom. The number of hydrogen-bond acceptors (Lipinski definition) is 1. The number of nitrogens with zero attached hydrogens (tertiary/aromatic N) is 1. The Morgan fingerprint density at radius 2 is 0.667 bits per heavy atom. The van der Waals surface area contributed by atoms with Crippen LogP contribution in [0.5, 0.6) is 0 Å². The number of anilines is 3. The van der Waals surface area contributed by atoms with Gasteiger partial charge in [-0.05, 0) is 114 Å². The average Bonchev–Trinajstić information content (AvgIpc) is 3.30. The summed E-state index contributed by atoms with van der Waals surface area (Å²) in [5.74, 6) is 0.